The Hall–Kier alpha value is -3.23. The predicted molar refractivity (Wildman–Crippen MR) is 89.3 cm³/mol. The van der Waals surface area contributed by atoms with Gasteiger partial charge in [-0.05, 0) is 12.1 Å². The van der Waals surface area contributed by atoms with Crippen LogP contribution in [0.15, 0.2) is 48.5 Å². The highest BCUT2D eigenvalue weighted by atomic mass is 19.4. The smallest absolute Gasteiger partial charge is 0.351 e. The van der Waals surface area contributed by atoms with E-state index in [1.807, 2.05) is 30.3 Å². The molecular weight excluding hydrogens is 364 g/mol. The summed E-state index contributed by atoms with van der Waals surface area (Å²) in [5.74, 6) is -1.55. The molecule has 140 valence electrons. The van der Waals surface area contributed by atoms with Gasteiger partial charge in [-0.3, -0.25) is 9.89 Å². The molecule has 1 amide bonds. The van der Waals surface area contributed by atoms with Gasteiger partial charge in [0.2, 0.25) is 0 Å². The zero-order chi connectivity index (χ0) is 19.4. The SMILES string of the molecule is O=C(NCCc1nc(-c2ccccc2)n[nH]1)c1cccc(C(F)(F)F)c1F. The molecule has 0 aliphatic carbocycles. The molecule has 27 heavy (non-hydrogen) atoms. The monoisotopic (exact) mass is 378 g/mol. The van der Waals surface area contributed by atoms with E-state index in [0.29, 0.717) is 17.7 Å². The number of amides is 1. The second-order valence-electron chi connectivity index (χ2n) is 5.64. The molecule has 3 aromatic rings. The maximum atomic E-state index is 14.0. The Morgan fingerprint density at radius 2 is 1.81 bits per heavy atom. The van der Waals surface area contributed by atoms with Crippen LogP contribution >= 0.6 is 0 Å². The first-order chi connectivity index (χ1) is 12.9. The molecule has 0 aliphatic rings. The topological polar surface area (TPSA) is 70.7 Å². The van der Waals surface area contributed by atoms with Crippen LogP contribution in [0.1, 0.15) is 21.7 Å². The lowest BCUT2D eigenvalue weighted by Crippen LogP contribution is -2.27. The number of rotatable bonds is 5. The zero-order valence-electron chi connectivity index (χ0n) is 13.8. The van der Waals surface area contributed by atoms with Crippen molar-refractivity contribution in [2.45, 2.75) is 12.6 Å². The number of alkyl halides is 3. The van der Waals surface area contributed by atoms with Crippen molar-refractivity contribution in [3.8, 4) is 11.4 Å². The van der Waals surface area contributed by atoms with Gasteiger partial charge in [0.25, 0.3) is 5.91 Å². The van der Waals surface area contributed by atoms with E-state index in [1.54, 1.807) is 0 Å². The fraction of sp³-hybridized carbons (Fsp3) is 0.167. The van der Waals surface area contributed by atoms with Crippen LogP contribution in [0, 0.1) is 5.82 Å². The molecule has 0 aliphatic heterocycles. The minimum atomic E-state index is -4.87. The fourth-order valence-corrected chi connectivity index (χ4v) is 2.44. The summed E-state index contributed by atoms with van der Waals surface area (Å²) in [6, 6.07) is 11.8. The molecule has 0 atom stereocenters. The summed E-state index contributed by atoms with van der Waals surface area (Å²) < 4.78 is 52.1. The summed E-state index contributed by atoms with van der Waals surface area (Å²) in [7, 11) is 0. The molecule has 3 rings (SSSR count). The van der Waals surface area contributed by atoms with Crippen LogP contribution in [0.4, 0.5) is 17.6 Å². The Kier molecular flexibility index (Phi) is 5.20. The van der Waals surface area contributed by atoms with Crippen molar-refractivity contribution in [2.24, 2.45) is 0 Å². The van der Waals surface area contributed by atoms with E-state index in [0.717, 1.165) is 17.7 Å². The summed E-state index contributed by atoms with van der Waals surface area (Å²) in [6.45, 7) is 0.0535. The lowest BCUT2D eigenvalue weighted by molar-refractivity contribution is -0.140. The number of hydrogen-bond donors (Lipinski definition) is 2. The van der Waals surface area contributed by atoms with Crippen molar-refractivity contribution in [2.75, 3.05) is 6.54 Å². The zero-order valence-corrected chi connectivity index (χ0v) is 13.8. The van der Waals surface area contributed by atoms with E-state index in [4.69, 9.17) is 0 Å². The summed E-state index contributed by atoms with van der Waals surface area (Å²) >= 11 is 0. The van der Waals surface area contributed by atoms with E-state index < -0.39 is 29.0 Å². The Morgan fingerprint density at radius 3 is 2.52 bits per heavy atom. The van der Waals surface area contributed by atoms with Gasteiger partial charge >= 0.3 is 6.18 Å². The van der Waals surface area contributed by atoms with E-state index in [1.165, 1.54) is 0 Å². The fourth-order valence-electron chi connectivity index (χ4n) is 2.44. The highest BCUT2D eigenvalue weighted by Crippen LogP contribution is 2.32. The molecule has 2 aromatic carbocycles. The van der Waals surface area contributed by atoms with Crippen molar-refractivity contribution in [3.05, 3.63) is 71.3 Å². The first-order valence-corrected chi connectivity index (χ1v) is 7.97. The molecule has 0 unspecified atom stereocenters. The normalized spacial score (nSPS) is 11.4. The first kappa shape index (κ1) is 18.6. The highest BCUT2D eigenvalue weighted by molar-refractivity contribution is 5.94. The van der Waals surface area contributed by atoms with Crippen LogP contribution in [-0.4, -0.2) is 27.6 Å². The van der Waals surface area contributed by atoms with Gasteiger partial charge in [0.05, 0.1) is 11.1 Å². The lowest BCUT2D eigenvalue weighted by Gasteiger charge is -2.11. The molecule has 0 saturated heterocycles. The van der Waals surface area contributed by atoms with Gasteiger partial charge in [-0.15, -0.1) is 0 Å². The van der Waals surface area contributed by atoms with Crippen LogP contribution in [0.2, 0.25) is 0 Å². The van der Waals surface area contributed by atoms with E-state index >= 15 is 0 Å². The Labute approximate surface area is 151 Å². The predicted octanol–water partition coefficient (Wildman–Crippen LogP) is 3.60. The quantitative estimate of drug-likeness (QED) is 0.667. The molecular formula is C18H14F4N4O. The maximum Gasteiger partial charge on any atom is 0.419 e. The van der Waals surface area contributed by atoms with Gasteiger partial charge in [-0.2, -0.15) is 18.3 Å². The van der Waals surface area contributed by atoms with Crippen molar-refractivity contribution in [1.82, 2.24) is 20.5 Å². The third-order valence-corrected chi connectivity index (χ3v) is 3.76. The van der Waals surface area contributed by atoms with Crippen LogP contribution in [0.3, 0.4) is 0 Å². The van der Waals surface area contributed by atoms with Crippen LogP contribution in [0.5, 0.6) is 0 Å². The summed E-state index contributed by atoms with van der Waals surface area (Å²) in [4.78, 5) is 16.3. The number of carbonyl (C=O) groups excluding carboxylic acids is 1. The van der Waals surface area contributed by atoms with Crippen LogP contribution < -0.4 is 5.32 Å². The van der Waals surface area contributed by atoms with E-state index in [9.17, 15) is 22.4 Å². The van der Waals surface area contributed by atoms with E-state index in [-0.39, 0.29) is 13.0 Å². The average molecular weight is 378 g/mol. The number of benzene rings is 2. The Bertz CT molecular complexity index is 938. The largest absolute Gasteiger partial charge is 0.419 e. The molecule has 0 bridgehead atoms. The first-order valence-electron chi connectivity index (χ1n) is 7.97. The molecule has 1 heterocycles. The number of carbonyl (C=O) groups is 1. The number of H-pyrrole nitrogens is 1. The number of nitrogens with zero attached hydrogens (tertiary/aromatic N) is 2. The molecule has 9 heteroatoms. The molecule has 2 N–H and O–H groups in total. The van der Waals surface area contributed by atoms with Gasteiger partial charge in [0.15, 0.2) is 5.82 Å². The third kappa shape index (κ3) is 4.30. The van der Waals surface area contributed by atoms with Gasteiger partial charge in [0.1, 0.15) is 11.6 Å². The number of aromatic nitrogens is 3. The third-order valence-electron chi connectivity index (χ3n) is 3.76. The second kappa shape index (κ2) is 7.56. The molecule has 5 nitrogen and oxygen atoms in total. The average Bonchev–Trinajstić information content (AvgIpc) is 3.10. The Balaban J connectivity index is 1.62. The summed E-state index contributed by atoms with van der Waals surface area (Å²) in [5.41, 5.74) is -1.32. The highest BCUT2D eigenvalue weighted by Gasteiger charge is 2.35. The van der Waals surface area contributed by atoms with Gasteiger partial charge < -0.3 is 5.32 Å². The van der Waals surface area contributed by atoms with Gasteiger partial charge in [-0.25, -0.2) is 9.37 Å². The minimum absolute atomic E-state index is 0.0535. The summed E-state index contributed by atoms with van der Waals surface area (Å²) in [5, 5.41) is 9.17. The lowest BCUT2D eigenvalue weighted by atomic mass is 10.1. The van der Waals surface area contributed by atoms with Crippen LogP contribution in [-0.2, 0) is 12.6 Å². The van der Waals surface area contributed by atoms with Gasteiger partial charge in [0, 0.05) is 18.5 Å². The number of hydrogen-bond acceptors (Lipinski definition) is 3. The molecule has 0 spiro atoms. The number of aromatic amines is 1. The molecule has 0 saturated carbocycles. The van der Waals surface area contributed by atoms with Crippen molar-refractivity contribution >= 4 is 5.91 Å². The minimum Gasteiger partial charge on any atom is -0.351 e. The molecule has 0 radical (unpaired) electrons. The number of halogens is 4. The molecule has 1 aromatic heterocycles. The van der Waals surface area contributed by atoms with Crippen molar-refractivity contribution < 1.29 is 22.4 Å². The van der Waals surface area contributed by atoms with Crippen molar-refractivity contribution in [3.63, 3.8) is 0 Å². The number of nitrogens with one attached hydrogen (secondary N) is 2. The summed E-state index contributed by atoms with van der Waals surface area (Å²) in [6.07, 6.45) is -4.61. The standard InChI is InChI=1S/C18H14F4N4O/c19-15-12(7-4-8-13(15)18(20,21)22)17(27)23-10-9-14-24-16(26-25-14)11-5-2-1-3-6-11/h1-8H,9-10H2,(H,23,27)(H,24,25,26). The van der Waals surface area contributed by atoms with Crippen molar-refractivity contribution in [1.29, 1.82) is 0 Å². The second-order valence-corrected chi connectivity index (χ2v) is 5.64. The van der Waals surface area contributed by atoms with Gasteiger partial charge in [-0.1, -0.05) is 36.4 Å². The van der Waals surface area contributed by atoms with Crippen LogP contribution in [0.25, 0.3) is 11.4 Å². The maximum absolute atomic E-state index is 14.0. The Morgan fingerprint density at radius 1 is 1.07 bits per heavy atom. The molecule has 0 fully saturated rings. The van der Waals surface area contributed by atoms with E-state index in [2.05, 4.69) is 20.5 Å².